The summed E-state index contributed by atoms with van der Waals surface area (Å²) >= 11 is 1.41. The van der Waals surface area contributed by atoms with E-state index in [0.29, 0.717) is 40.4 Å². The highest BCUT2D eigenvalue weighted by atomic mass is 32.1. The number of carbonyl (C=O) groups excluding carboxylic acids is 3. The summed E-state index contributed by atoms with van der Waals surface area (Å²) in [6.07, 6.45) is 4.12. The van der Waals surface area contributed by atoms with Crippen molar-refractivity contribution in [1.29, 1.82) is 0 Å². The number of thiazole rings is 1. The number of amides is 2. The van der Waals surface area contributed by atoms with Crippen LogP contribution >= 0.6 is 11.3 Å². The normalized spacial score (nSPS) is 17.2. The molecule has 2 heterocycles. The van der Waals surface area contributed by atoms with Gasteiger partial charge in [-0.3, -0.25) is 14.7 Å². The van der Waals surface area contributed by atoms with Crippen molar-refractivity contribution < 1.29 is 23.9 Å². The van der Waals surface area contributed by atoms with Crippen molar-refractivity contribution in [3.63, 3.8) is 0 Å². The van der Waals surface area contributed by atoms with E-state index in [1.54, 1.807) is 30.5 Å². The number of aromatic nitrogens is 3. The van der Waals surface area contributed by atoms with Gasteiger partial charge in [0.15, 0.2) is 18.7 Å². The van der Waals surface area contributed by atoms with Crippen LogP contribution in [0.5, 0.6) is 5.75 Å². The fraction of sp³-hybridized carbons (Fsp3) is 0.375. The minimum absolute atomic E-state index is 0.0226. The Hall–Kier alpha value is -3.73. The summed E-state index contributed by atoms with van der Waals surface area (Å²) in [6.45, 7) is 3.48. The number of hydrogen-bond donors (Lipinski definition) is 3. The van der Waals surface area contributed by atoms with Crippen molar-refractivity contribution in [2.24, 2.45) is 0 Å². The predicted octanol–water partition coefficient (Wildman–Crippen LogP) is 4.13. The molecule has 0 bridgehead atoms. The molecule has 0 aliphatic heterocycles. The van der Waals surface area contributed by atoms with Crippen molar-refractivity contribution in [1.82, 2.24) is 20.5 Å². The van der Waals surface area contributed by atoms with E-state index in [1.807, 2.05) is 19.2 Å². The van der Waals surface area contributed by atoms with Crippen molar-refractivity contribution in [3.8, 4) is 16.3 Å². The summed E-state index contributed by atoms with van der Waals surface area (Å²) < 4.78 is 11.1. The quantitative estimate of drug-likeness (QED) is 0.378. The molecule has 2 atom stereocenters. The van der Waals surface area contributed by atoms with Crippen molar-refractivity contribution >= 4 is 35.4 Å². The van der Waals surface area contributed by atoms with Crippen LogP contribution in [0.1, 0.15) is 55.1 Å². The van der Waals surface area contributed by atoms with Gasteiger partial charge in [-0.1, -0.05) is 12.1 Å². The monoisotopic (exact) mass is 497 g/mol. The lowest BCUT2D eigenvalue weighted by molar-refractivity contribution is -0.118. The summed E-state index contributed by atoms with van der Waals surface area (Å²) in [5.41, 5.74) is 1.87. The first-order valence-corrected chi connectivity index (χ1v) is 12.2. The van der Waals surface area contributed by atoms with Gasteiger partial charge in [-0.15, -0.1) is 11.3 Å². The number of benzene rings is 1. The first-order valence-electron chi connectivity index (χ1n) is 11.4. The summed E-state index contributed by atoms with van der Waals surface area (Å²) in [7, 11) is 0. The molecule has 35 heavy (non-hydrogen) atoms. The first-order chi connectivity index (χ1) is 16.9. The highest BCUT2D eigenvalue weighted by Crippen LogP contribution is 2.36. The van der Waals surface area contributed by atoms with E-state index in [1.165, 1.54) is 11.3 Å². The second-order valence-corrected chi connectivity index (χ2v) is 9.45. The van der Waals surface area contributed by atoms with Gasteiger partial charge in [0.25, 0.3) is 5.91 Å². The summed E-state index contributed by atoms with van der Waals surface area (Å²) in [5.74, 6) is 0.439. The van der Waals surface area contributed by atoms with Gasteiger partial charge in [0.2, 0.25) is 0 Å². The van der Waals surface area contributed by atoms with E-state index in [-0.39, 0.29) is 24.7 Å². The molecule has 1 saturated carbocycles. The molecule has 0 saturated heterocycles. The summed E-state index contributed by atoms with van der Waals surface area (Å²) in [5, 5.41) is 15.1. The fourth-order valence-electron chi connectivity index (χ4n) is 4.02. The maximum absolute atomic E-state index is 12.4. The molecule has 3 aromatic rings. The van der Waals surface area contributed by atoms with Crippen molar-refractivity contribution in [2.75, 3.05) is 11.9 Å². The molecule has 1 fully saturated rings. The zero-order chi connectivity index (χ0) is 24.8. The van der Waals surface area contributed by atoms with Crippen LogP contribution in [0.3, 0.4) is 0 Å². The zero-order valence-electron chi connectivity index (χ0n) is 19.4. The first kappa shape index (κ1) is 24.4. The van der Waals surface area contributed by atoms with Crippen LogP contribution in [0.25, 0.3) is 10.6 Å². The van der Waals surface area contributed by atoms with Crippen LogP contribution in [-0.2, 0) is 9.53 Å². The molecule has 11 heteroatoms. The number of nitrogens with one attached hydrogen (secondary N) is 3. The topological polar surface area (TPSA) is 135 Å². The number of rotatable bonds is 9. The van der Waals surface area contributed by atoms with Crippen LogP contribution in [-0.4, -0.2) is 52.2 Å². The Morgan fingerprint density at radius 2 is 2.17 bits per heavy atom. The van der Waals surface area contributed by atoms with E-state index < -0.39 is 12.0 Å². The molecule has 0 spiro atoms. The average molecular weight is 498 g/mol. The Morgan fingerprint density at radius 1 is 1.31 bits per heavy atom. The molecule has 1 aromatic carbocycles. The number of anilines is 1. The highest BCUT2D eigenvalue weighted by Gasteiger charge is 2.30. The standard InChI is InChI=1S/C24H27N5O5S/c1-14(2)26-24(32)34-16-7-6-15(10-16)19-11-21(29-28-19)27-22(31)13-33-20-5-3-4-17(18(20)12-30)23-25-8-9-35-23/h3-5,8-9,11-12,14-16H,6-7,10,13H2,1-2H3,(H,26,32)(H2,27,28,29,31)/t15-,16+/m0/s1. The Bertz CT molecular complexity index is 1180. The average Bonchev–Trinajstić information content (AvgIpc) is 3.59. The minimum Gasteiger partial charge on any atom is -0.483 e. The molecular formula is C24H27N5O5S. The molecule has 0 unspecified atom stereocenters. The number of aromatic amines is 1. The third kappa shape index (κ3) is 6.24. The van der Waals surface area contributed by atoms with Gasteiger partial charge in [-0.2, -0.15) is 5.10 Å². The largest absolute Gasteiger partial charge is 0.483 e. The van der Waals surface area contributed by atoms with Gasteiger partial charge in [0.05, 0.1) is 5.56 Å². The fourth-order valence-corrected chi connectivity index (χ4v) is 4.69. The van der Waals surface area contributed by atoms with E-state index in [0.717, 1.165) is 18.5 Å². The molecule has 184 valence electrons. The SMILES string of the molecule is CC(C)NC(=O)O[C@@H]1CC[C@H](c2cc(NC(=O)COc3cccc(-c4nccs4)c3C=O)n[nH]2)C1. The Morgan fingerprint density at radius 3 is 2.91 bits per heavy atom. The van der Waals surface area contributed by atoms with Crippen LogP contribution in [0.4, 0.5) is 10.6 Å². The molecule has 1 aliphatic rings. The number of H-pyrrole nitrogens is 1. The lowest BCUT2D eigenvalue weighted by Gasteiger charge is -2.14. The van der Waals surface area contributed by atoms with Crippen molar-refractivity contribution in [2.45, 2.75) is 51.2 Å². The van der Waals surface area contributed by atoms with Gasteiger partial charge in [-0.25, -0.2) is 9.78 Å². The molecule has 1 aliphatic carbocycles. The molecule has 2 amide bonds. The highest BCUT2D eigenvalue weighted by molar-refractivity contribution is 7.13. The van der Waals surface area contributed by atoms with Gasteiger partial charge in [-0.05, 0) is 39.2 Å². The molecule has 10 nitrogen and oxygen atoms in total. The van der Waals surface area contributed by atoms with E-state index in [2.05, 4.69) is 25.8 Å². The summed E-state index contributed by atoms with van der Waals surface area (Å²) in [6, 6.07) is 6.98. The minimum atomic E-state index is -0.405. The summed E-state index contributed by atoms with van der Waals surface area (Å²) in [4.78, 5) is 40.2. The number of carbonyl (C=O) groups is 3. The maximum atomic E-state index is 12.4. The van der Waals surface area contributed by atoms with Crippen LogP contribution in [0, 0.1) is 0 Å². The number of hydrogen-bond acceptors (Lipinski definition) is 8. The zero-order valence-corrected chi connectivity index (χ0v) is 20.3. The van der Waals surface area contributed by atoms with Crippen LogP contribution in [0.2, 0.25) is 0 Å². The molecule has 3 N–H and O–H groups in total. The molecule has 0 radical (unpaired) electrons. The predicted molar refractivity (Wildman–Crippen MR) is 131 cm³/mol. The Labute approximate surface area is 206 Å². The van der Waals surface area contributed by atoms with Crippen molar-refractivity contribution in [3.05, 3.63) is 47.1 Å². The third-order valence-electron chi connectivity index (χ3n) is 5.58. The van der Waals surface area contributed by atoms with Gasteiger partial charge >= 0.3 is 6.09 Å². The van der Waals surface area contributed by atoms with Crippen LogP contribution < -0.4 is 15.4 Å². The molecule has 2 aromatic heterocycles. The second kappa shape index (κ2) is 11.1. The van der Waals surface area contributed by atoms with E-state index in [4.69, 9.17) is 9.47 Å². The lowest BCUT2D eigenvalue weighted by atomic mass is 10.0. The number of alkyl carbamates (subject to hydrolysis) is 1. The number of nitrogens with zero attached hydrogens (tertiary/aromatic N) is 2. The molecular weight excluding hydrogens is 470 g/mol. The van der Waals surface area contributed by atoms with Gasteiger partial charge < -0.3 is 20.1 Å². The second-order valence-electron chi connectivity index (χ2n) is 8.55. The smallest absolute Gasteiger partial charge is 0.407 e. The van der Waals surface area contributed by atoms with Crippen LogP contribution in [0.15, 0.2) is 35.8 Å². The number of ether oxygens (including phenoxy) is 2. The van der Waals surface area contributed by atoms with E-state index >= 15 is 0 Å². The van der Waals surface area contributed by atoms with Gasteiger partial charge in [0.1, 0.15) is 16.9 Å². The third-order valence-corrected chi connectivity index (χ3v) is 6.38. The van der Waals surface area contributed by atoms with E-state index in [9.17, 15) is 14.4 Å². The molecule has 4 rings (SSSR count). The Balaban J connectivity index is 1.30. The maximum Gasteiger partial charge on any atom is 0.407 e. The Kier molecular flexibility index (Phi) is 7.76. The lowest BCUT2D eigenvalue weighted by Crippen LogP contribution is -2.33. The van der Waals surface area contributed by atoms with Gasteiger partial charge in [0, 0.05) is 40.9 Å². The number of aldehydes is 1.